The van der Waals surface area contributed by atoms with Crippen LogP contribution in [0.4, 0.5) is 9.18 Å². The summed E-state index contributed by atoms with van der Waals surface area (Å²) in [6.07, 6.45) is -3.30. The Morgan fingerprint density at radius 3 is 2.18 bits per heavy atom. The van der Waals surface area contributed by atoms with E-state index in [4.69, 9.17) is 0 Å². The van der Waals surface area contributed by atoms with Crippen molar-refractivity contribution in [1.29, 1.82) is 0 Å². The molecule has 1 rings (SSSR count). The van der Waals surface area contributed by atoms with Gasteiger partial charge in [0.25, 0.3) is 6.09 Å². The fourth-order valence-electron chi connectivity index (χ4n) is 2.96. The molecule has 1 aliphatic rings. The Bertz CT molecular complexity index is 365. The first kappa shape index (κ1) is 13.9. The van der Waals surface area contributed by atoms with Crippen LogP contribution in [-0.2, 0) is 4.79 Å². The molecule has 1 saturated heterocycles. The lowest BCUT2D eigenvalue weighted by Crippen LogP contribution is -2.76. The van der Waals surface area contributed by atoms with Crippen LogP contribution < -0.4 is 5.11 Å². The first-order valence-electron chi connectivity index (χ1n) is 5.46. The van der Waals surface area contributed by atoms with Crippen LogP contribution in [0.15, 0.2) is 0 Å². The quantitative estimate of drug-likeness (QED) is 0.686. The Kier molecular flexibility index (Phi) is 2.99. The number of carboxylic acids is 1. The summed E-state index contributed by atoms with van der Waals surface area (Å²) >= 11 is 0. The Morgan fingerprint density at radius 1 is 1.47 bits per heavy atom. The Hall–Kier alpha value is -1.17. The van der Waals surface area contributed by atoms with E-state index < -0.39 is 33.8 Å². The summed E-state index contributed by atoms with van der Waals surface area (Å²) in [6.45, 7) is 5.66. The van der Waals surface area contributed by atoms with Crippen molar-refractivity contribution in [3.8, 4) is 0 Å². The van der Waals surface area contributed by atoms with Crippen LogP contribution in [0.3, 0.4) is 0 Å². The van der Waals surface area contributed by atoms with Crippen molar-refractivity contribution in [2.75, 3.05) is 6.54 Å². The molecular weight excluding hydrogens is 229 g/mol. The number of halogens is 1. The van der Waals surface area contributed by atoms with Crippen molar-refractivity contribution < 1.29 is 28.7 Å². The van der Waals surface area contributed by atoms with Crippen molar-refractivity contribution in [2.45, 2.75) is 51.4 Å². The lowest BCUT2D eigenvalue weighted by Gasteiger charge is -2.52. The molecule has 98 valence electrons. The van der Waals surface area contributed by atoms with Gasteiger partial charge < -0.3 is 15.0 Å². The van der Waals surface area contributed by atoms with Gasteiger partial charge in [0.2, 0.25) is 5.54 Å². The fourth-order valence-corrected chi connectivity index (χ4v) is 2.96. The van der Waals surface area contributed by atoms with E-state index in [1.165, 1.54) is 6.92 Å². The lowest BCUT2D eigenvalue weighted by molar-refractivity contribution is -0.944. The van der Waals surface area contributed by atoms with E-state index in [1.807, 2.05) is 0 Å². The average molecular weight is 247 g/mol. The monoisotopic (exact) mass is 247 g/mol. The maximum Gasteiger partial charge on any atom is 0.366 e. The summed E-state index contributed by atoms with van der Waals surface area (Å²) < 4.78 is 12.7. The molecule has 0 radical (unpaired) electrons. The molecule has 0 bridgehead atoms. The number of alkyl halides is 1. The van der Waals surface area contributed by atoms with Crippen LogP contribution in [0.25, 0.3) is 0 Å². The third-order valence-corrected chi connectivity index (χ3v) is 3.85. The molecule has 1 N–H and O–H groups in total. The molecule has 1 fully saturated rings. The van der Waals surface area contributed by atoms with E-state index in [1.54, 1.807) is 20.8 Å². The molecule has 5 nitrogen and oxygen atoms in total. The smallest absolute Gasteiger partial charge is 0.366 e. The second kappa shape index (κ2) is 3.66. The van der Waals surface area contributed by atoms with Crippen molar-refractivity contribution in [1.82, 2.24) is 0 Å². The zero-order chi connectivity index (χ0) is 13.6. The van der Waals surface area contributed by atoms with Gasteiger partial charge >= 0.3 is 5.97 Å². The van der Waals surface area contributed by atoms with E-state index in [0.717, 1.165) is 0 Å². The molecule has 1 unspecified atom stereocenters. The third-order valence-electron chi connectivity index (χ3n) is 3.85. The molecule has 0 spiro atoms. The van der Waals surface area contributed by atoms with Gasteiger partial charge in [-0.1, -0.05) is 0 Å². The number of hydrogen-bond donors (Lipinski definition) is 1. The second-order valence-electron chi connectivity index (χ2n) is 5.81. The maximum absolute atomic E-state index is 13.6. The summed E-state index contributed by atoms with van der Waals surface area (Å²) in [4.78, 5) is 22.8. The van der Waals surface area contributed by atoms with Crippen molar-refractivity contribution in [2.24, 2.45) is 0 Å². The SMILES string of the molecule is CC(C)(C)[N+]1(C(=O)[O-])C[C@H](F)C[C@]1(C)C(=O)O. The second-order valence-corrected chi connectivity index (χ2v) is 5.81. The Balaban J connectivity index is 3.49. The predicted octanol–water partition coefficient (Wildman–Crippen LogP) is 0.530. The fraction of sp³-hybridized carbons (Fsp3) is 0.818. The van der Waals surface area contributed by atoms with Crippen LogP contribution in [0.1, 0.15) is 34.1 Å². The van der Waals surface area contributed by atoms with Gasteiger partial charge in [-0.15, -0.1) is 0 Å². The van der Waals surface area contributed by atoms with E-state index >= 15 is 0 Å². The molecule has 0 aromatic rings. The number of likely N-dealkylation sites (tertiary alicyclic amines) is 1. The van der Waals surface area contributed by atoms with E-state index in [9.17, 15) is 24.2 Å². The van der Waals surface area contributed by atoms with Gasteiger partial charge in [-0.2, -0.15) is 0 Å². The highest BCUT2D eigenvalue weighted by Crippen LogP contribution is 2.45. The zero-order valence-corrected chi connectivity index (χ0v) is 10.5. The minimum Gasteiger partial charge on any atom is -0.498 e. The van der Waals surface area contributed by atoms with Crippen LogP contribution in [0.2, 0.25) is 0 Å². The lowest BCUT2D eigenvalue weighted by atomic mass is 9.90. The normalized spacial score (nSPS) is 38.1. The van der Waals surface area contributed by atoms with Gasteiger partial charge in [0.15, 0.2) is 6.17 Å². The third kappa shape index (κ3) is 1.62. The molecule has 0 aliphatic carbocycles. The van der Waals surface area contributed by atoms with Crippen LogP contribution in [0, 0.1) is 0 Å². The number of amides is 1. The highest BCUT2D eigenvalue weighted by atomic mass is 19.1. The van der Waals surface area contributed by atoms with Crippen molar-refractivity contribution >= 4 is 12.1 Å². The molecular formula is C11H18FNO4. The minimum atomic E-state index is -1.70. The highest BCUT2D eigenvalue weighted by molar-refractivity contribution is 5.80. The summed E-state index contributed by atoms with van der Waals surface area (Å²) in [5.74, 6) is -1.31. The number of carboxylic acid groups (broad SMARTS) is 2. The predicted molar refractivity (Wildman–Crippen MR) is 55.8 cm³/mol. The summed E-state index contributed by atoms with van der Waals surface area (Å²) in [5.41, 5.74) is -2.65. The molecule has 0 saturated carbocycles. The van der Waals surface area contributed by atoms with Gasteiger partial charge in [0.05, 0.1) is 12.0 Å². The average Bonchev–Trinajstić information content (AvgIpc) is 2.38. The molecule has 17 heavy (non-hydrogen) atoms. The number of quaternary nitrogens is 1. The number of nitrogens with zero attached hydrogens (tertiary/aromatic N) is 1. The molecule has 6 heteroatoms. The largest absolute Gasteiger partial charge is 0.498 e. The van der Waals surface area contributed by atoms with E-state index in [2.05, 4.69) is 0 Å². The standard InChI is InChI=1S/C11H18FNO4/c1-10(2,3)13(9(16)17)6-7(12)5-11(13,4)8(14)15/h7H,5-6H2,1-4H3,(H-,14,15,16,17)/t7-,11-,13?/m1/s1. The first-order valence-corrected chi connectivity index (χ1v) is 5.46. The van der Waals surface area contributed by atoms with Gasteiger partial charge in [0, 0.05) is 6.92 Å². The molecule has 0 aromatic carbocycles. The molecule has 1 aliphatic heterocycles. The molecule has 0 aromatic heterocycles. The number of aliphatic carboxylic acids is 1. The summed E-state index contributed by atoms with van der Waals surface area (Å²) in [7, 11) is 0. The van der Waals surface area contributed by atoms with Crippen LogP contribution >= 0.6 is 0 Å². The van der Waals surface area contributed by atoms with Crippen LogP contribution in [-0.4, -0.2) is 45.4 Å². The van der Waals surface area contributed by atoms with Gasteiger partial charge in [-0.25, -0.2) is 9.18 Å². The summed E-state index contributed by atoms with van der Waals surface area (Å²) in [5, 5.41) is 20.7. The highest BCUT2D eigenvalue weighted by Gasteiger charge is 2.67. The van der Waals surface area contributed by atoms with Gasteiger partial charge in [-0.05, 0) is 20.8 Å². The zero-order valence-electron chi connectivity index (χ0n) is 10.5. The molecule has 3 atom stereocenters. The van der Waals surface area contributed by atoms with Gasteiger partial charge in [-0.3, -0.25) is 4.48 Å². The molecule has 1 heterocycles. The van der Waals surface area contributed by atoms with Crippen molar-refractivity contribution in [3.63, 3.8) is 0 Å². The first-order chi connectivity index (χ1) is 7.49. The number of carbonyl (C=O) groups is 2. The Morgan fingerprint density at radius 2 is 1.94 bits per heavy atom. The minimum absolute atomic E-state index is 0.312. The van der Waals surface area contributed by atoms with E-state index in [-0.39, 0.29) is 13.0 Å². The topological polar surface area (TPSA) is 77.4 Å². The Labute approximate surface area is 99.4 Å². The van der Waals surface area contributed by atoms with Gasteiger partial charge in [0.1, 0.15) is 6.54 Å². The van der Waals surface area contributed by atoms with Crippen molar-refractivity contribution in [3.05, 3.63) is 0 Å². The van der Waals surface area contributed by atoms with Crippen LogP contribution in [0.5, 0.6) is 0 Å². The van der Waals surface area contributed by atoms with E-state index in [0.29, 0.717) is 0 Å². The molecule has 1 amide bonds. The number of rotatable bonds is 1. The number of hydrogen-bond acceptors (Lipinski definition) is 3. The number of carbonyl (C=O) groups excluding carboxylic acids is 1. The maximum atomic E-state index is 13.6. The summed E-state index contributed by atoms with van der Waals surface area (Å²) in [6, 6.07) is 0.